The topological polar surface area (TPSA) is 28.2 Å². The van der Waals surface area contributed by atoms with E-state index in [0.717, 1.165) is 25.3 Å². The van der Waals surface area contributed by atoms with E-state index in [0.29, 0.717) is 6.04 Å². The molecule has 1 N–H and O–H groups in total. The van der Waals surface area contributed by atoms with E-state index in [1.165, 1.54) is 29.7 Å². The predicted molar refractivity (Wildman–Crippen MR) is 81.4 cm³/mol. The highest BCUT2D eigenvalue weighted by Crippen LogP contribution is 2.34. The number of pyridine rings is 1. The molecule has 2 aliphatic rings. The Kier molecular flexibility index (Phi) is 2.92. The molecule has 1 aromatic carbocycles. The minimum Gasteiger partial charge on any atom is -0.326 e. The van der Waals surface area contributed by atoms with Crippen molar-refractivity contribution in [2.45, 2.75) is 25.3 Å². The maximum absolute atomic E-state index is 4.59. The molecule has 0 aliphatic carbocycles. The smallest absolute Gasteiger partial charge is 0.133 e. The van der Waals surface area contributed by atoms with Gasteiger partial charge in [0.05, 0.1) is 0 Å². The highest BCUT2D eigenvalue weighted by molar-refractivity contribution is 5.67. The van der Waals surface area contributed by atoms with Crippen molar-refractivity contribution in [3.63, 3.8) is 0 Å². The van der Waals surface area contributed by atoms with Gasteiger partial charge in [-0.15, -0.1) is 0 Å². The van der Waals surface area contributed by atoms with E-state index in [2.05, 4.69) is 51.6 Å². The van der Waals surface area contributed by atoms with Crippen LogP contribution in [0.5, 0.6) is 0 Å². The average molecular weight is 265 g/mol. The van der Waals surface area contributed by atoms with E-state index in [4.69, 9.17) is 0 Å². The largest absolute Gasteiger partial charge is 0.326 e. The van der Waals surface area contributed by atoms with E-state index in [1.54, 1.807) is 0 Å². The molecule has 2 aliphatic heterocycles. The van der Waals surface area contributed by atoms with E-state index in [1.807, 2.05) is 6.20 Å². The molecular formula is C17H19N3. The lowest BCUT2D eigenvalue weighted by atomic mass is 10.1. The number of fused-ring (bicyclic) bond motifs is 1. The SMILES string of the molecule is c1ccc2c(c1)CCN2c1cc([C@@H]2CCCN2)ccn1. The zero-order valence-electron chi connectivity index (χ0n) is 11.5. The van der Waals surface area contributed by atoms with Crippen LogP contribution >= 0.6 is 0 Å². The second kappa shape index (κ2) is 4.91. The third kappa shape index (κ3) is 1.98. The van der Waals surface area contributed by atoms with E-state index >= 15 is 0 Å². The third-order valence-electron chi connectivity index (χ3n) is 4.40. The number of nitrogens with one attached hydrogen (secondary N) is 1. The van der Waals surface area contributed by atoms with Gasteiger partial charge in [0.25, 0.3) is 0 Å². The minimum atomic E-state index is 0.509. The van der Waals surface area contributed by atoms with Crippen molar-refractivity contribution in [2.24, 2.45) is 0 Å². The molecule has 1 fully saturated rings. The van der Waals surface area contributed by atoms with Crippen LogP contribution in [-0.4, -0.2) is 18.1 Å². The van der Waals surface area contributed by atoms with Gasteiger partial charge in [-0.05, 0) is 55.1 Å². The molecule has 2 aromatic rings. The Morgan fingerprint density at radius 2 is 2.15 bits per heavy atom. The molecule has 102 valence electrons. The van der Waals surface area contributed by atoms with Crippen LogP contribution in [0, 0.1) is 0 Å². The monoisotopic (exact) mass is 265 g/mol. The molecule has 0 amide bonds. The summed E-state index contributed by atoms with van der Waals surface area (Å²) in [5.41, 5.74) is 4.12. The van der Waals surface area contributed by atoms with Crippen molar-refractivity contribution in [3.8, 4) is 0 Å². The number of para-hydroxylation sites is 1. The summed E-state index contributed by atoms with van der Waals surface area (Å²) in [5.74, 6) is 1.08. The average Bonchev–Trinajstić information content (AvgIpc) is 3.17. The fourth-order valence-electron chi connectivity index (χ4n) is 3.34. The molecule has 0 saturated carbocycles. The van der Waals surface area contributed by atoms with Crippen LogP contribution in [-0.2, 0) is 6.42 Å². The first-order valence-electron chi connectivity index (χ1n) is 7.46. The van der Waals surface area contributed by atoms with Gasteiger partial charge in [-0.25, -0.2) is 4.98 Å². The molecule has 0 spiro atoms. The summed E-state index contributed by atoms with van der Waals surface area (Å²) in [5, 5.41) is 3.56. The van der Waals surface area contributed by atoms with Gasteiger partial charge >= 0.3 is 0 Å². The zero-order chi connectivity index (χ0) is 13.4. The summed E-state index contributed by atoms with van der Waals surface area (Å²) in [6.45, 7) is 2.17. The summed E-state index contributed by atoms with van der Waals surface area (Å²) in [4.78, 5) is 6.93. The standard InChI is InChI=1S/C17H19N3/c1-2-6-16-13(4-1)8-11-20(16)17-12-14(7-10-19-17)15-5-3-9-18-15/h1-2,4,6-7,10,12,15,18H,3,5,8-9,11H2/t15-/m0/s1. The zero-order valence-corrected chi connectivity index (χ0v) is 11.5. The van der Waals surface area contributed by atoms with Gasteiger partial charge in [-0.1, -0.05) is 18.2 Å². The molecule has 20 heavy (non-hydrogen) atoms. The van der Waals surface area contributed by atoms with Gasteiger partial charge in [-0.3, -0.25) is 0 Å². The first-order chi connectivity index (χ1) is 9.92. The maximum atomic E-state index is 4.59. The Labute approximate surface area is 119 Å². The fraction of sp³-hybridized carbons (Fsp3) is 0.353. The highest BCUT2D eigenvalue weighted by atomic mass is 15.2. The summed E-state index contributed by atoms with van der Waals surface area (Å²) >= 11 is 0. The van der Waals surface area contributed by atoms with Crippen molar-refractivity contribution in [1.82, 2.24) is 10.3 Å². The Balaban J connectivity index is 1.68. The molecule has 1 aromatic heterocycles. The molecule has 3 heterocycles. The third-order valence-corrected chi connectivity index (χ3v) is 4.40. The molecule has 0 radical (unpaired) electrons. The second-order valence-electron chi connectivity index (χ2n) is 5.63. The molecule has 1 atom stereocenters. The van der Waals surface area contributed by atoms with Crippen LogP contribution in [0.3, 0.4) is 0 Å². The number of rotatable bonds is 2. The lowest BCUT2D eigenvalue weighted by Gasteiger charge is -2.20. The normalized spacial score (nSPS) is 21.2. The lowest BCUT2D eigenvalue weighted by molar-refractivity contribution is 0.646. The molecular weight excluding hydrogens is 246 g/mol. The number of benzene rings is 1. The van der Waals surface area contributed by atoms with E-state index < -0.39 is 0 Å². The van der Waals surface area contributed by atoms with Gasteiger partial charge < -0.3 is 10.2 Å². The maximum Gasteiger partial charge on any atom is 0.133 e. The molecule has 4 rings (SSSR count). The van der Waals surface area contributed by atoms with Crippen molar-refractivity contribution < 1.29 is 0 Å². The Bertz CT molecular complexity index is 617. The quantitative estimate of drug-likeness (QED) is 0.903. The number of aromatic nitrogens is 1. The lowest BCUT2D eigenvalue weighted by Crippen LogP contribution is -2.17. The fourth-order valence-corrected chi connectivity index (χ4v) is 3.34. The Morgan fingerprint density at radius 3 is 3.05 bits per heavy atom. The van der Waals surface area contributed by atoms with Crippen molar-refractivity contribution in [2.75, 3.05) is 18.0 Å². The summed E-state index contributed by atoms with van der Waals surface area (Å²) in [7, 11) is 0. The number of hydrogen-bond donors (Lipinski definition) is 1. The first kappa shape index (κ1) is 11.9. The second-order valence-corrected chi connectivity index (χ2v) is 5.63. The predicted octanol–water partition coefficient (Wildman–Crippen LogP) is 3.20. The van der Waals surface area contributed by atoms with Crippen LogP contribution < -0.4 is 10.2 Å². The summed E-state index contributed by atoms with van der Waals surface area (Å²) in [6, 6.07) is 13.6. The van der Waals surface area contributed by atoms with Crippen LogP contribution in [0.25, 0.3) is 0 Å². The molecule has 3 heteroatoms. The number of anilines is 2. The van der Waals surface area contributed by atoms with Crippen LogP contribution in [0.4, 0.5) is 11.5 Å². The molecule has 0 unspecified atom stereocenters. The first-order valence-corrected chi connectivity index (χ1v) is 7.46. The number of nitrogens with zero attached hydrogens (tertiary/aromatic N) is 2. The number of hydrogen-bond acceptors (Lipinski definition) is 3. The Hall–Kier alpha value is -1.87. The molecule has 1 saturated heterocycles. The molecule has 0 bridgehead atoms. The Morgan fingerprint density at radius 1 is 1.20 bits per heavy atom. The van der Waals surface area contributed by atoms with Crippen LogP contribution in [0.1, 0.15) is 30.0 Å². The van der Waals surface area contributed by atoms with E-state index in [9.17, 15) is 0 Å². The minimum absolute atomic E-state index is 0.509. The van der Waals surface area contributed by atoms with Gasteiger partial charge in [0, 0.05) is 24.5 Å². The molecule has 3 nitrogen and oxygen atoms in total. The van der Waals surface area contributed by atoms with Crippen molar-refractivity contribution in [3.05, 3.63) is 53.7 Å². The summed E-state index contributed by atoms with van der Waals surface area (Å²) < 4.78 is 0. The van der Waals surface area contributed by atoms with Gasteiger partial charge in [0.2, 0.25) is 0 Å². The van der Waals surface area contributed by atoms with Gasteiger partial charge in [0.1, 0.15) is 5.82 Å². The summed E-state index contributed by atoms with van der Waals surface area (Å²) in [6.07, 6.45) is 5.57. The van der Waals surface area contributed by atoms with Crippen LogP contribution in [0.15, 0.2) is 42.6 Å². The van der Waals surface area contributed by atoms with Crippen molar-refractivity contribution >= 4 is 11.5 Å². The van der Waals surface area contributed by atoms with E-state index in [-0.39, 0.29) is 0 Å². The van der Waals surface area contributed by atoms with Crippen molar-refractivity contribution in [1.29, 1.82) is 0 Å². The van der Waals surface area contributed by atoms with Gasteiger partial charge in [-0.2, -0.15) is 0 Å². The van der Waals surface area contributed by atoms with Gasteiger partial charge in [0.15, 0.2) is 0 Å². The highest BCUT2D eigenvalue weighted by Gasteiger charge is 2.22. The van der Waals surface area contributed by atoms with Crippen LogP contribution in [0.2, 0.25) is 0 Å².